The second-order valence-electron chi connectivity index (χ2n) is 5.44. The Kier molecular flexibility index (Phi) is 4.88. The van der Waals surface area contributed by atoms with Crippen molar-refractivity contribution in [2.24, 2.45) is 0 Å². The SMILES string of the molecule is CCO[C@H]1O[C@@H]2COC(c3ccccc3)O[C@H]2[C@H](O)[C@H]1[N+](=O)[O-]. The Morgan fingerprint density at radius 1 is 1.35 bits per heavy atom. The Bertz CT molecular complexity index is 540. The van der Waals surface area contributed by atoms with E-state index in [4.69, 9.17) is 18.9 Å². The van der Waals surface area contributed by atoms with Gasteiger partial charge in [-0.25, -0.2) is 0 Å². The maximum Gasteiger partial charge on any atom is 0.291 e. The zero-order valence-corrected chi connectivity index (χ0v) is 12.6. The van der Waals surface area contributed by atoms with Crippen molar-refractivity contribution in [2.45, 2.75) is 43.9 Å². The number of hydrogen-bond acceptors (Lipinski definition) is 7. The van der Waals surface area contributed by atoms with Crippen molar-refractivity contribution in [1.29, 1.82) is 0 Å². The van der Waals surface area contributed by atoms with Crippen LogP contribution < -0.4 is 0 Å². The molecule has 3 rings (SSSR count). The number of nitro groups is 1. The molecule has 1 aromatic carbocycles. The van der Waals surface area contributed by atoms with Crippen molar-refractivity contribution in [3.63, 3.8) is 0 Å². The highest BCUT2D eigenvalue weighted by molar-refractivity contribution is 5.16. The molecule has 0 aromatic heterocycles. The van der Waals surface area contributed by atoms with Crippen molar-refractivity contribution >= 4 is 0 Å². The second kappa shape index (κ2) is 6.90. The van der Waals surface area contributed by atoms with Gasteiger partial charge in [0, 0.05) is 17.1 Å². The number of rotatable bonds is 4. The topological polar surface area (TPSA) is 100 Å². The van der Waals surface area contributed by atoms with Gasteiger partial charge in [-0.3, -0.25) is 10.1 Å². The first kappa shape index (κ1) is 16.3. The number of hydrogen-bond donors (Lipinski definition) is 1. The Hall–Kier alpha value is -1.58. The predicted molar refractivity (Wildman–Crippen MR) is 77.1 cm³/mol. The average molecular weight is 325 g/mol. The van der Waals surface area contributed by atoms with Gasteiger partial charge in [0.25, 0.3) is 6.04 Å². The van der Waals surface area contributed by atoms with Crippen LogP contribution in [0, 0.1) is 10.1 Å². The molecule has 0 saturated carbocycles. The maximum absolute atomic E-state index is 11.3. The van der Waals surface area contributed by atoms with Crippen LogP contribution in [0.2, 0.25) is 0 Å². The molecular weight excluding hydrogens is 306 g/mol. The van der Waals surface area contributed by atoms with Crippen LogP contribution in [-0.4, -0.2) is 53.9 Å². The lowest BCUT2D eigenvalue weighted by molar-refractivity contribution is -0.578. The predicted octanol–water partition coefficient (Wildman–Crippen LogP) is 0.868. The molecule has 0 aliphatic carbocycles. The molecule has 2 aliphatic heterocycles. The second-order valence-corrected chi connectivity index (χ2v) is 5.44. The van der Waals surface area contributed by atoms with E-state index in [9.17, 15) is 15.2 Å². The minimum Gasteiger partial charge on any atom is -0.383 e. The lowest BCUT2D eigenvalue weighted by Gasteiger charge is -2.44. The molecule has 126 valence electrons. The number of fused-ring (bicyclic) bond motifs is 1. The quantitative estimate of drug-likeness (QED) is 0.647. The average Bonchev–Trinajstić information content (AvgIpc) is 2.55. The van der Waals surface area contributed by atoms with Crippen LogP contribution in [0.1, 0.15) is 18.8 Å². The van der Waals surface area contributed by atoms with Gasteiger partial charge >= 0.3 is 0 Å². The maximum atomic E-state index is 11.3. The highest BCUT2D eigenvalue weighted by Gasteiger charge is 2.55. The zero-order valence-electron chi connectivity index (χ0n) is 12.6. The van der Waals surface area contributed by atoms with Crippen LogP contribution in [0.4, 0.5) is 0 Å². The molecule has 23 heavy (non-hydrogen) atoms. The Morgan fingerprint density at radius 2 is 2.09 bits per heavy atom. The molecule has 1 N–H and O–H groups in total. The summed E-state index contributed by atoms with van der Waals surface area (Å²) in [5, 5.41) is 21.7. The van der Waals surface area contributed by atoms with E-state index in [0.717, 1.165) is 5.56 Å². The minimum absolute atomic E-state index is 0.162. The smallest absolute Gasteiger partial charge is 0.291 e. The summed E-state index contributed by atoms with van der Waals surface area (Å²) >= 11 is 0. The van der Waals surface area contributed by atoms with Crippen molar-refractivity contribution in [1.82, 2.24) is 0 Å². The fourth-order valence-corrected chi connectivity index (χ4v) is 2.88. The van der Waals surface area contributed by atoms with E-state index in [1.54, 1.807) is 6.92 Å². The summed E-state index contributed by atoms with van der Waals surface area (Å²) in [5.41, 5.74) is 0.780. The van der Waals surface area contributed by atoms with Gasteiger partial charge in [0.15, 0.2) is 12.4 Å². The number of benzene rings is 1. The Balaban J connectivity index is 1.78. The van der Waals surface area contributed by atoms with Crippen LogP contribution >= 0.6 is 0 Å². The van der Waals surface area contributed by atoms with Crippen molar-refractivity contribution in [2.75, 3.05) is 13.2 Å². The number of aliphatic hydroxyl groups is 1. The van der Waals surface area contributed by atoms with Gasteiger partial charge in [-0.05, 0) is 6.92 Å². The number of aliphatic hydroxyl groups excluding tert-OH is 1. The zero-order chi connectivity index (χ0) is 16.4. The summed E-state index contributed by atoms with van der Waals surface area (Å²) in [4.78, 5) is 10.7. The molecule has 0 amide bonds. The van der Waals surface area contributed by atoms with E-state index in [2.05, 4.69) is 0 Å². The third-order valence-electron chi connectivity index (χ3n) is 3.98. The normalized spacial score (nSPS) is 37.1. The first-order valence-corrected chi connectivity index (χ1v) is 7.52. The molecule has 0 bridgehead atoms. The van der Waals surface area contributed by atoms with Gasteiger partial charge in [-0.1, -0.05) is 30.3 Å². The highest BCUT2D eigenvalue weighted by atomic mass is 16.8. The van der Waals surface area contributed by atoms with Crippen molar-refractivity contribution in [3.8, 4) is 0 Å². The standard InChI is InChI=1S/C15H19NO7/c1-2-20-15-11(16(18)19)12(17)13-10(22-15)8-21-14(23-13)9-6-4-3-5-7-9/h3-7,10-15,17H,2,8H2,1H3/t10-,11-,12-,13-,14?,15+/m1/s1. The molecule has 1 aromatic rings. The van der Waals surface area contributed by atoms with E-state index in [1.807, 2.05) is 30.3 Å². The van der Waals surface area contributed by atoms with E-state index >= 15 is 0 Å². The molecule has 8 heteroatoms. The minimum atomic E-state index is -1.40. The number of nitrogens with zero attached hydrogens (tertiary/aromatic N) is 1. The first-order valence-electron chi connectivity index (χ1n) is 7.52. The summed E-state index contributed by atoms with van der Waals surface area (Å²) in [6, 6.07) is 7.80. The van der Waals surface area contributed by atoms with Gasteiger partial charge in [0.1, 0.15) is 12.2 Å². The van der Waals surface area contributed by atoms with Crippen LogP contribution in [0.5, 0.6) is 0 Å². The Morgan fingerprint density at radius 3 is 2.74 bits per heavy atom. The summed E-state index contributed by atoms with van der Waals surface area (Å²) in [6.45, 7) is 2.11. The van der Waals surface area contributed by atoms with Gasteiger partial charge in [0.05, 0.1) is 6.61 Å². The molecule has 8 nitrogen and oxygen atoms in total. The summed E-state index contributed by atoms with van der Waals surface area (Å²) in [5.74, 6) is 0. The monoisotopic (exact) mass is 325 g/mol. The summed E-state index contributed by atoms with van der Waals surface area (Å²) < 4.78 is 22.2. The van der Waals surface area contributed by atoms with Gasteiger partial charge in [-0.2, -0.15) is 0 Å². The molecule has 2 fully saturated rings. The lowest BCUT2D eigenvalue weighted by atomic mass is 9.96. The summed E-state index contributed by atoms with van der Waals surface area (Å²) in [7, 11) is 0. The van der Waals surface area contributed by atoms with E-state index in [0.29, 0.717) is 0 Å². The molecule has 6 atom stereocenters. The molecule has 2 saturated heterocycles. The lowest BCUT2D eigenvalue weighted by Crippen LogP contribution is -2.64. The first-order chi connectivity index (χ1) is 11.1. The van der Waals surface area contributed by atoms with E-state index in [-0.39, 0.29) is 13.2 Å². The van der Waals surface area contributed by atoms with Crippen LogP contribution in [0.3, 0.4) is 0 Å². The molecule has 0 spiro atoms. The third-order valence-corrected chi connectivity index (χ3v) is 3.98. The van der Waals surface area contributed by atoms with E-state index < -0.39 is 41.9 Å². The Labute approximate surface area is 133 Å². The van der Waals surface area contributed by atoms with Crippen LogP contribution in [-0.2, 0) is 18.9 Å². The molecule has 0 radical (unpaired) electrons. The van der Waals surface area contributed by atoms with E-state index in [1.165, 1.54) is 0 Å². The molecule has 2 aliphatic rings. The van der Waals surface area contributed by atoms with Crippen LogP contribution in [0.15, 0.2) is 30.3 Å². The van der Waals surface area contributed by atoms with Gasteiger partial charge in [0.2, 0.25) is 6.29 Å². The number of ether oxygens (including phenoxy) is 4. The highest BCUT2D eigenvalue weighted by Crippen LogP contribution is 2.34. The van der Waals surface area contributed by atoms with Crippen molar-refractivity contribution in [3.05, 3.63) is 46.0 Å². The molecular formula is C15H19NO7. The van der Waals surface area contributed by atoms with Crippen LogP contribution in [0.25, 0.3) is 0 Å². The third kappa shape index (κ3) is 3.22. The van der Waals surface area contributed by atoms with Gasteiger partial charge in [-0.15, -0.1) is 0 Å². The fourth-order valence-electron chi connectivity index (χ4n) is 2.88. The molecule has 1 unspecified atom stereocenters. The largest absolute Gasteiger partial charge is 0.383 e. The van der Waals surface area contributed by atoms with Gasteiger partial charge < -0.3 is 24.1 Å². The molecule has 2 heterocycles. The summed E-state index contributed by atoms with van der Waals surface area (Å²) in [6.07, 6.45) is -4.60. The fraction of sp³-hybridized carbons (Fsp3) is 0.600. The van der Waals surface area contributed by atoms with Crippen molar-refractivity contribution < 1.29 is 29.0 Å².